The maximum absolute atomic E-state index is 10.5. The van der Waals surface area contributed by atoms with Crippen LogP contribution in [0.15, 0.2) is 23.1 Å². The van der Waals surface area contributed by atoms with Crippen LogP contribution in [-0.2, 0) is 0 Å². The molecule has 2 aliphatic heterocycles. The average molecular weight is 330 g/mol. The molecule has 1 aromatic rings. The van der Waals surface area contributed by atoms with Crippen LogP contribution in [0.5, 0.6) is 0 Å². The van der Waals surface area contributed by atoms with Crippen molar-refractivity contribution in [3.05, 3.63) is 28.8 Å². The fourth-order valence-corrected chi connectivity index (χ4v) is 5.35. The lowest BCUT2D eigenvalue weighted by Gasteiger charge is -2.26. The maximum Gasteiger partial charge on any atom is 0.0869 e. The Balaban J connectivity index is 1.74. The molecule has 0 spiro atoms. The number of halogens is 1. The predicted octanol–water partition coefficient (Wildman–Crippen LogP) is 3.72. The molecule has 0 amide bonds. The first-order chi connectivity index (χ1) is 9.66. The monoisotopic (exact) mass is 329 g/mol. The van der Waals surface area contributed by atoms with Crippen molar-refractivity contribution < 1.29 is 5.11 Å². The Morgan fingerprint density at radius 3 is 3.10 bits per heavy atom. The highest BCUT2D eigenvalue weighted by molar-refractivity contribution is 7.99. The largest absolute Gasteiger partial charge is 0.388 e. The van der Waals surface area contributed by atoms with Gasteiger partial charge in [-0.15, -0.1) is 11.8 Å². The smallest absolute Gasteiger partial charge is 0.0869 e. The Hall–Kier alpha value is 0.130. The minimum absolute atomic E-state index is 0.313. The summed E-state index contributed by atoms with van der Waals surface area (Å²) in [6, 6.07) is 6.49. The van der Waals surface area contributed by atoms with E-state index in [-0.39, 0.29) is 0 Å². The molecule has 0 aliphatic carbocycles. The van der Waals surface area contributed by atoms with E-state index in [0.29, 0.717) is 12.6 Å². The lowest BCUT2D eigenvalue weighted by molar-refractivity contribution is 0.0641. The summed E-state index contributed by atoms with van der Waals surface area (Å²) in [5.74, 6) is 3.08. The van der Waals surface area contributed by atoms with E-state index in [2.05, 4.69) is 17.4 Å². The molecule has 110 valence electrons. The summed E-state index contributed by atoms with van der Waals surface area (Å²) in [6.45, 7) is 0.682. The van der Waals surface area contributed by atoms with E-state index in [0.717, 1.165) is 35.1 Å². The second-order valence-corrected chi connectivity index (χ2v) is 8.31. The molecule has 1 aromatic carbocycles. The van der Waals surface area contributed by atoms with E-state index in [4.69, 9.17) is 11.6 Å². The number of hydrogen-bond donors (Lipinski definition) is 2. The molecule has 20 heavy (non-hydrogen) atoms. The number of thioether (sulfide) groups is 2. The summed E-state index contributed by atoms with van der Waals surface area (Å²) in [4.78, 5) is 1.33. The molecule has 2 nitrogen and oxygen atoms in total. The van der Waals surface area contributed by atoms with Crippen molar-refractivity contribution >= 4 is 35.1 Å². The Morgan fingerprint density at radius 1 is 1.40 bits per heavy atom. The van der Waals surface area contributed by atoms with E-state index in [1.165, 1.54) is 16.9 Å². The zero-order valence-electron chi connectivity index (χ0n) is 11.4. The highest BCUT2D eigenvalue weighted by Crippen LogP contribution is 2.37. The molecule has 1 saturated heterocycles. The first-order valence-electron chi connectivity index (χ1n) is 7.12. The van der Waals surface area contributed by atoms with Gasteiger partial charge in [0.25, 0.3) is 0 Å². The van der Waals surface area contributed by atoms with Gasteiger partial charge in [0.2, 0.25) is 0 Å². The van der Waals surface area contributed by atoms with Gasteiger partial charge >= 0.3 is 0 Å². The zero-order chi connectivity index (χ0) is 14.0. The molecule has 2 unspecified atom stereocenters. The summed E-state index contributed by atoms with van der Waals surface area (Å²) >= 11 is 9.92. The summed E-state index contributed by atoms with van der Waals surface area (Å²) in [6.07, 6.45) is 3.21. The summed E-state index contributed by atoms with van der Waals surface area (Å²) in [7, 11) is 0. The van der Waals surface area contributed by atoms with Crippen molar-refractivity contribution in [2.24, 2.45) is 0 Å². The SMILES string of the molecule is OC1(CNC2CCCSc3ccc(Cl)cc32)CCSC1. The normalized spacial score (nSPS) is 30.0. The number of benzene rings is 1. The quantitative estimate of drug-likeness (QED) is 0.885. The number of hydrogen-bond acceptors (Lipinski definition) is 4. The summed E-state index contributed by atoms with van der Waals surface area (Å²) < 4.78 is 0. The standard InChI is InChI=1S/C15H20ClNOS2/c16-11-3-4-14-12(8-11)13(2-1-6-20-14)17-9-15(18)5-7-19-10-15/h3-4,8,13,17-18H,1-2,5-7,9-10H2. The molecule has 5 heteroatoms. The summed E-state index contributed by atoms with van der Waals surface area (Å²) in [5, 5.41) is 14.9. The number of aliphatic hydroxyl groups is 1. The molecule has 2 N–H and O–H groups in total. The topological polar surface area (TPSA) is 32.3 Å². The van der Waals surface area contributed by atoms with Crippen molar-refractivity contribution in [1.29, 1.82) is 0 Å². The van der Waals surface area contributed by atoms with Gasteiger partial charge in [0, 0.05) is 28.3 Å². The van der Waals surface area contributed by atoms with Crippen molar-refractivity contribution in [1.82, 2.24) is 5.32 Å². The molecule has 2 atom stereocenters. The highest BCUT2D eigenvalue weighted by Gasteiger charge is 2.32. The van der Waals surface area contributed by atoms with Gasteiger partial charge in [-0.2, -0.15) is 11.8 Å². The van der Waals surface area contributed by atoms with Crippen molar-refractivity contribution in [2.45, 2.75) is 35.8 Å². The van der Waals surface area contributed by atoms with Gasteiger partial charge in [0.1, 0.15) is 0 Å². The first-order valence-corrected chi connectivity index (χ1v) is 9.64. The van der Waals surface area contributed by atoms with E-state index >= 15 is 0 Å². The molecule has 3 rings (SSSR count). The van der Waals surface area contributed by atoms with Gasteiger partial charge in [-0.1, -0.05) is 11.6 Å². The second kappa shape index (κ2) is 6.49. The fraction of sp³-hybridized carbons (Fsp3) is 0.600. The van der Waals surface area contributed by atoms with Gasteiger partial charge in [0.15, 0.2) is 0 Å². The van der Waals surface area contributed by atoms with Gasteiger partial charge in [0.05, 0.1) is 5.60 Å². The Kier molecular flexibility index (Phi) is 4.88. The molecular formula is C15H20ClNOS2. The molecule has 2 heterocycles. The van der Waals surface area contributed by atoms with E-state index in [1.807, 2.05) is 29.6 Å². The van der Waals surface area contributed by atoms with Crippen LogP contribution in [0.3, 0.4) is 0 Å². The third-order valence-electron chi connectivity index (χ3n) is 4.00. The van der Waals surface area contributed by atoms with Crippen molar-refractivity contribution in [2.75, 3.05) is 23.8 Å². The van der Waals surface area contributed by atoms with Gasteiger partial charge in [-0.05, 0) is 54.5 Å². The van der Waals surface area contributed by atoms with Crippen LogP contribution < -0.4 is 5.32 Å². The van der Waals surface area contributed by atoms with Crippen LogP contribution in [0.25, 0.3) is 0 Å². The van der Waals surface area contributed by atoms with Crippen LogP contribution in [0.4, 0.5) is 0 Å². The van der Waals surface area contributed by atoms with Crippen molar-refractivity contribution in [3.63, 3.8) is 0 Å². The van der Waals surface area contributed by atoms with Crippen LogP contribution in [-0.4, -0.2) is 34.5 Å². The average Bonchev–Trinajstić information content (AvgIpc) is 2.76. The number of rotatable bonds is 3. The fourth-order valence-electron chi connectivity index (χ4n) is 2.81. The molecular weight excluding hydrogens is 310 g/mol. The molecule has 1 fully saturated rings. The molecule has 0 saturated carbocycles. The van der Waals surface area contributed by atoms with E-state index in [9.17, 15) is 5.11 Å². The highest BCUT2D eigenvalue weighted by atomic mass is 35.5. The lowest BCUT2D eigenvalue weighted by Crippen LogP contribution is -2.42. The Morgan fingerprint density at radius 2 is 2.30 bits per heavy atom. The Labute approximate surface area is 134 Å². The second-order valence-electron chi connectivity index (χ2n) is 5.63. The molecule has 0 radical (unpaired) electrons. The minimum Gasteiger partial charge on any atom is -0.388 e. The van der Waals surface area contributed by atoms with Crippen LogP contribution in [0, 0.1) is 0 Å². The third kappa shape index (κ3) is 3.47. The zero-order valence-corrected chi connectivity index (χ0v) is 13.8. The molecule has 0 aromatic heterocycles. The lowest BCUT2D eigenvalue weighted by atomic mass is 9.99. The van der Waals surface area contributed by atoms with Gasteiger partial charge in [-0.3, -0.25) is 0 Å². The van der Waals surface area contributed by atoms with Crippen LogP contribution in [0.2, 0.25) is 5.02 Å². The van der Waals surface area contributed by atoms with Gasteiger partial charge in [-0.25, -0.2) is 0 Å². The molecule has 0 bridgehead atoms. The van der Waals surface area contributed by atoms with E-state index < -0.39 is 5.60 Å². The third-order valence-corrected chi connectivity index (χ3v) is 6.65. The summed E-state index contributed by atoms with van der Waals surface area (Å²) in [5.41, 5.74) is 0.775. The first kappa shape index (κ1) is 15.0. The number of nitrogens with one attached hydrogen (secondary N) is 1. The maximum atomic E-state index is 10.5. The van der Waals surface area contributed by atoms with Crippen LogP contribution in [0.1, 0.15) is 30.9 Å². The van der Waals surface area contributed by atoms with Crippen LogP contribution >= 0.6 is 35.1 Å². The molecule has 2 aliphatic rings. The number of fused-ring (bicyclic) bond motifs is 1. The van der Waals surface area contributed by atoms with E-state index in [1.54, 1.807) is 0 Å². The van der Waals surface area contributed by atoms with Gasteiger partial charge < -0.3 is 10.4 Å². The van der Waals surface area contributed by atoms with Crippen molar-refractivity contribution in [3.8, 4) is 0 Å². The minimum atomic E-state index is -0.525. The Bertz CT molecular complexity index is 477. The predicted molar refractivity (Wildman–Crippen MR) is 89.0 cm³/mol.